The molecular weight excluding hydrogens is 497 g/mol. The fourth-order valence-electron chi connectivity index (χ4n) is 6.17. The summed E-state index contributed by atoms with van der Waals surface area (Å²) in [5.74, 6) is 1.96. The van der Waals surface area contributed by atoms with Crippen LogP contribution in [0.15, 0.2) is 97.1 Å². The van der Waals surface area contributed by atoms with Crippen LogP contribution in [-0.4, -0.2) is 0 Å². The number of thiophene rings is 2. The summed E-state index contributed by atoms with van der Waals surface area (Å²) in [4.78, 5) is 2.97. The van der Waals surface area contributed by atoms with Crippen LogP contribution in [0.5, 0.6) is 0 Å². The van der Waals surface area contributed by atoms with E-state index in [1.165, 1.54) is 63.3 Å². The zero-order valence-electron chi connectivity index (χ0n) is 22.4. The van der Waals surface area contributed by atoms with Crippen LogP contribution < -0.4 is 0 Å². The molecule has 2 aromatic heterocycles. The first kappa shape index (κ1) is 23.9. The van der Waals surface area contributed by atoms with E-state index in [0.29, 0.717) is 23.7 Å². The van der Waals surface area contributed by atoms with Crippen LogP contribution >= 0.6 is 22.7 Å². The molecule has 0 fully saturated rings. The normalized spacial score (nSPS) is 15.5. The molecule has 188 valence electrons. The highest BCUT2D eigenvalue weighted by atomic mass is 32.1. The Kier molecular flexibility index (Phi) is 5.80. The summed E-state index contributed by atoms with van der Waals surface area (Å²) >= 11 is 4.01. The lowest BCUT2D eigenvalue weighted by Gasteiger charge is -2.25. The number of hydrogen-bond donors (Lipinski definition) is 0. The van der Waals surface area contributed by atoms with Gasteiger partial charge in [0.15, 0.2) is 0 Å². The second-order valence-corrected chi connectivity index (χ2v) is 13.3. The Balaban J connectivity index is 1.24. The molecule has 6 aromatic rings. The van der Waals surface area contributed by atoms with Crippen LogP contribution in [0, 0.1) is 0 Å². The molecule has 0 aliphatic heterocycles. The van der Waals surface area contributed by atoms with Gasteiger partial charge in [-0.1, -0.05) is 113 Å². The van der Waals surface area contributed by atoms with E-state index < -0.39 is 0 Å². The van der Waals surface area contributed by atoms with Crippen molar-refractivity contribution in [2.75, 3.05) is 0 Å². The molecule has 0 bridgehead atoms. The molecule has 7 rings (SSSR count). The highest BCUT2D eigenvalue weighted by molar-refractivity contribution is 7.20. The Labute approximate surface area is 233 Å². The predicted octanol–water partition coefficient (Wildman–Crippen LogP) is 11.6. The Bertz CT molecular complexity index is 1620. The number of benzene rings is 4. The van der Waals surface area contributed by atoms with Gasteiger partial charge in [-0.25, -0.2) is 0 Å². The first-order valence-electron chi connectivity index (χ1n) is 13.7. The molecule has 1 aliphatic carbocycles. The van der Waals surface area contributed by atoms with Gasteiger partial charge in [0.2, 0.25) is 0 Å². The van der Waals surface area contributed by atoms with Gasteiger partial charge >= 0.3 is 0 Å². The Hall–Kier alpha value is -3.20. The van der Waals surface area contributed by atoms with Crippen LogP contribution in [0.25, 0.3) is 42.4 Å². The van der Waals surface area contributed by atoms with Crippen molar-refractivity contribution in [3.05, 3.63) is 118 Å². The lowest BCUT2D eigenvalue weighted by atomic mass is 9.79. The first-order valence-corrected chi connectivity index (χ1v) is 15.4. The quantitative estimate of drug-likeness (QED) is 0.201. The topological polar surface area (TPSA) is 0 Å². The fourth-order valence-corrected chi connectivity index (χ4v) is 8.92. The third kappa shape index (κ3) is 3.69. The van der Waals surface area contributed by atoms with Gasteiger partial charge in [-0.3, -0.25) is 0 Å². The molecule has 4 atom stereocenters. The van der Waals surface area contributed by atoms with Crippen molar-refractivity contribution in [3.8, 4) is 22.3 Å². The summed E-state index contributed by atoms with van der Waals surface area (Å²) in [6, 6.07) is 36.2. The average molecular weight is 529 g/mol. The van der Waals surface area contributed by atoms with Gasteiger partial charge in [0.1, 0.15) is 0 Å². The highest BCUT2D eigenvalue weighted by Crippen LogP contribution is 2.57. The lowest BCUT2D eigenvalue weighted by Crippen LogP contribution is -2.02. The molecule has 2 heterocycles. The monoisotopic (exact) mass is 528 g/mol. The molecule has 0 nitrogen and oxygen atoms in total. The fraction of sp³-hybridized carbons (Fsp3) is 0.222. The summed E-state index contributed by atoms with van der Waals surface area (Å²) in [6.07, 6.45) is 0. The minimum atomic E-state index is 0.487. The van der Waals surface area contributed by atoms with Crippen LogP contribution in [-0.2, 0) is 0 Å². The zero-order valence-corrected chi connectivity index (χ0v) is 24.0. The van der Waals surface area contributed by atoms with E-state index >= 15 is 0 Å². The van der Waals surface area contributed by atoms with E-state index in [1.807, 2.05) is 22.7 Å². The first-order chi connectivity index (χ1) is 18.5. The maximum Gasteiger partial charge on any atom is 0.0430 e. The van der Waals surface area contributed by atoms with E-state index in [2.05, 4.69) is 125 Å². The maximum absolute atomic E-state index is 2.44. The van der Waals surface area contributed by atoms with Gasteiger partial charge in [0.05, 0.1) is 0 Å². The minimum Gasteiger partial charge on any atom is -0.139 e. The average Bonchev–Trinajstić information content (AvgIpc) is 3.57. The number of rotatable bonds is 6. The summed E-state index contributed by atoms with van der Waals surface area (Å²) in [5.41, 5.74) is 8.65. The smallest absolute Gasteiger partial charge is 0.0430 e. The molecule has 1 aliphatic rings. The van der Waals surface area contributed by atoms with Gasteiger partial charge in [0, 0.05) is 30.3 Å². The SMILES string of the molecule is CC(c1ccccc1)C(C)c1cc2ccc3c(c2s1)-c1ccc2cc(C(C)C(C)c4ccccc4)sc2c1-3. The molecule has 0 radical (unpaired) electrons. The van der Waals surface area contributed by atoms with E-state index in [9.17, 15) is 0 Å². The van der Waals surface area contributed by atoms with Gasteiger partial charge in [-0.05, 0) is 68.8 Å². The van der Waals surface area contributed by atoms with Crippen LogP contribution in [0.2, 0.25) is 0 Å². The molecule has 0 spiro atoms. The zero-order chi connectivity index (χ0) is 26.0. The largest absolute Gasteiger partial charge is 0.139 e. The maximum atomic E-state index is 2.44. The predicted molar refractivity (Wildman–Crippen MR) is 168 cm³/mol. The van der Waals surface area contributed by atoms with Crippen LogP contribution in [0.4, 0.5) is 0 Å². The third-order valence-electron chi connectivity index (χ3n) is 9.00. The van der Waals surface area contributed by atoms with Crippen molar-refractivity contribution in [2.45, 2.75) is 51.4 Å². The van der Waals surface area contributed by atoms with Crippen LogP contribution in [0.1, 0.15) is 72.2 Å². The summed E-state index contributed by atoms with van der Waals surface area (Å²) in [5, 5.41) is 2.78. The van der Waals surface area contributed by atoms with Crippen molar-refractivity contribution in [1.29, 1.82) is 0 Å². The van der Waals surface area contributed by atoms with Crippen molar-refractivity contribution in [3.63, 3.8) is 0 Å². The summed E-state index contributed by atoms with van der Waals surface area (Å²) < 4.78 is 2.92. The Morgan fingerprint density at radius 1 is 0.447 bits per heavy atom. The van der Waals surface area contributed by atoms with Gasteiger partial charge < -0.3 is 0 Å². The molecule has 4 aromatic carbocycles. The molecule has 0 saturated heterocycles. The number of fused-ring (bicyclic) bond motifs is 8. The standard InChI is InChI=1S/C36H32S2/c1-21(25-11-7-5-8-12-25)23(3)31-19-27-15-17-29-33(35(27)37-31)30-18-16-28-20-32(38-36(28)34(29)30)24(4)22(2)26-13-9-6-10-14-26/h5-24H,1-4H3. The molecule has 2 heteroatoms. The Morgan fingerprint density at radius 2 is 0.842 bits per heavy atom. The van der Waals surface area contributed by atoms with E-state index in [0.717, 1.165) is 0 Å². The molecule has 0 saturated carbocycles. The third-order valence-corrected chi connectivity index (χ3v) is 11.7. The van der Waals surface area contributed by atoms with E-state index in [-0.39, 0.29) is 0 Å². The van der Waals surface area contributed by atoms with Gasteiger partial charge in [0.25, 0.3) is 0 Å². The Morgan fingerprint density at radius 3 is 1.24 bits per heavy atom. The van der Waals surface area contributed by atoms with E-state index in [4.69, 9.17) is 0 Å². The van der Waals surface area contributed by atoms with Crippen molar-refractivity contribution in [1.82, 2.24) is 0 Å². The van der Waals surface area contributed by atoms with Crippen molar-refractivity contribution < 1.29 is 0 Å². The van der Waals surface area contributed by atoms with Crippen molar-refractivity contribution in [2.24, 2.45) is 0 Å². The second-order valence-electron chi connectivity index (χ2n) is 11.1. The summed E-state index contributed by atoms with van der Waals surface area (Å²) in [6.45, 7) is 9.50. The lowest BCUT2D eigenvalue weighted by molar-refractivity contribution is 0.633. The van der Waals surface area contributed by atoms with E-state index in [1.54, 1.807) is 0 Å². The molecule has 0 N–H and O–H groups in total. The highest BCUT2D eigenvalue weighted by Gasteiger charge is 2.30. The van der Waals surface area contributed by atoms with Crippen LogP contribution in [0.3, 0.4) is 0 Å². The minimum absolute atomic E-state index is 0.487. The molecular formula is C36H32S2. The van der Waals surface area contributed by atoms with Gasteiger partial charge in [-0.15, -0.1) is 22.7 Å². The molecule has 4 unspecified atom stereocenters. The van der Waals surface area contributed by atoms with Gasteiger partial charge in [-0.2, -0.15) is 0 Å². The number of hydrogen-bond acceptors (Lipinski definition) is 2. The van der Waals surface area contributed by atoms with Crippen molar-refractivity contribution >= 4 is 42.8 Å². The summed E-state index contributed by atoms with van der Waals surface area (Å²) in [7, 11) is 0. The molecule has 0 amide bonds. The molecule has 38 heavy (non-hydrogen) atoms. The second kappa shape index (κ2) is 9.22.